The van der Waals surface area contributed by atoms with Crippen LogP contribution < -0.4 is 5.73 Å². The van der Waals surface area contributed by atoms with Crippen molar-refractivity contribution in [3.63, 3.8) is 0 Å². The highest BCUT2D eigenvalue weighted by atomic mass is 35.5. The number of halogens is 2. The normalized spacial score (nSPS) is 12.6. The van der Waals surface area contributed by atoms with Gasteiger partial charge in [-0.1, -0.05) is 28.4 Å². The number of hydrogen-bond donors (Lipinski definition) is 1. The Labute approximate surface area is 127 Å². The summed E-state index contributed by atoms with van der Waals surface area (Å²) in [7, 11) is 1.65. The largest absolute Gasteiger partial charge is 0.385 e. The zero-order chi connectivity index (χ0) is 14.5. The average Bonchev–Trinajstić information content (AvgIpc) is 2.92. The van der Waals surface area contributed by atoms with Gasteiger partial charge in [-0.3, -0.25) is 0 Å². The molecule has 2 N–H and O–H groups in total. The quantitative estimate of drug-likeness (QED) is 0.826. The monoisotopic (exact) mass is 315 g/mol. The molecule has 0 aliphatic rings. The first-order valence-corrected chi connectivity index (χ1v) is 6.91. The third kappa shape index (κ3) is 3.70. The Balaban J connectivity index is 2.09. The Hall–Kier alpha value is -1.14. The highest BCUT2D eigenvalue weighted by molar-refractivity contribution is 6.42. The maximum atomic E-state index is 5.98. The van der Waals surface area contributed by atoms with Crippen molar-refractivity contribution in [3.8, 4) is 11.4 Å². The van der Waals surface area contributed by atoms with Crippen LogP contribution in [0.1, 0.15) is 24.8 Å². The fourth-order valence-corrected chi connectivity index (χ4v) is 2.01. The van der Waals surface area contributed by atoms with E-state index >= 15 is 0 Å². The van der Waals surface area contributed by atoms with E-state index in [2.05, 4.69) is 10.1 Å². The van der Waals surface area contributed by atoms with Crippen LogP contribution >= 0.6 is 23.2 Å². The Morgan fingerprint density at radius 2 is 2.15 bits per heavy atom. The number of rotatable bonds is 6. The fourth-order valence-electron chi connectivity index (χ4n) is 1.71. The first kappa shape index (κ1) is 15.3. The van der Waals surface area contributed by atoms with Crippen molar-refractivity contribution in [2.24, 2.45) is 5.73 Å². The van der Waals surface area contributed by atoms with E-state index < -0.39 is 0 Å². The second-order valence-corrected chi connectivity index (χ2v) is 5.14. The van der Waals surface area contributed by atoms with Crippen molar-refractivity contribution >= 4 is 23.2 Å². The lowest BCUT2D eigenvalue weighted by Crippen LogP contribution is -2.11. The highest BCUT2D eigenvalue weighted by Gasteiger charge is 2.16. The lowest BCUT2D eigenvalue weighted by molar-refractivity contribution is 0.188. The summed E-state index contributed by atoms with van der Waals surface area (Å²) in [6.07, 6.45) is 1.55. The minimum absolute atomic E-state index is 0.297. The molecular formula is C13H15Cl2N3O2. The van der Waals surface area contributed by atoms with Gasteiger partial charge in [-0.2, -0.15) is 4.98 Å². The molecule has 0 aliphatic heterocycles. The molecule has 20 heavy (non-hydrogen) atoms. The summed E-state index contributed by atoms with van der Waals surface area (Å²) in [5, 5.41) is 4.83. The molecule has 1 unspecified atom stereocenters. The van der Waals surface area contributed by atoms with Gasteiger partial charge in [0.25, 0.3) is 0 Å². The SMILES string of the molecule is COCCCC(N)c1nc(-c2ccc(Cl)c(Cl)c2)no1. The zero-order valence-electron chi connectivity index (χ0n) is 11.0. The molecule has 0 aliphatic carbocycles. The van der Waals surface area contributed by atoms with Gasteiger partial charge < -0.3 is 15.0 Å². The molecule has 0 saturated heterocycles. The molecule has 5 nitrogen and oxygen atoms in total. The van der Waals surface area contributed by atoms with Crippen LogP contribution in [0, 0.1) is 0 Å². The average molecular weight is 316 g/mol. The van der Waals surface area contributed by atoms with Crippen LogP contribution in [-0.2, 0) is 4.74 Å². The van der Waals surface area contributed by atoms with E-state index in [1.54, 1.807) is 25.3 Å². The molecule has 1 heterocycles. The van der Waals surface area contributed by atoms with Crippen LogP contribution in [0.2, 0.25) is 10.0 Å². The Morgan fingerprint density at radius 1 is 1.35 bits per heavy atom. The predicted molar refractivity (Wildman–Crippen MR) is 77.8 cm³/mol. The van der Waals surface area contributed by atoms with E-state index in [1.165, 1.54) is 0 Å². The molecule has 1 aromatic carbocycles. The predicted octanol–water partition coefficient (Wildman–Crippen LogP) is 3.47. The molecule has 0 fully saturated rings. The molecule has 2 rings (SSSR count). The Kier molecular flexibility index (Phi) is 5.37. The molecular weight excluding hydrogens is 301 g/mol. The van der Waals surface area contributed by atoms with Gasteiger partial charge in [0.15, 0.2) is 0 Å². The first-order chi connectivity index (χ1) is 9.61. The minimum Gasteiger partial charge on any atom is -0.385 e. The van der Waals surface area contributed by atoms with Gasteiger partial charge in [0, 0.05) is 19.3 Å². The molecule has 2 aromatic rings. The third-order valence-electron chi connectivity index (χ3n) is 2.80. The molecule has 0 radical (unpaired) electrons. The second kappa shape index (κ2) is 7.04. The molecule has 1 atom stereocenters. The van der Waals surface area contributed by atoms with Crippen LogP contribution in [0.5, 0.6) is 0 Å². The second-order valence-electron chi connectivity index (χ2n) is 4.33. The molecule has 0 saturated carbocycles. The molecule has 1 aromatic heterocycles. The van der Waals surface area contributed by atoms with Crippen molar-refractivity contribution in [2.45, 2.75) is 18.9 Å². The summed E-state index contributed by atoms with van der Waals surface area (Å²) in [4.78, 5) is 4.28. The lowest BCUT2D eigenvalue weighted by Gasteiger charge is -2.05. The summed E-state index contributed by atoms with van der Waals surface area (Å²) in [5.74, 6) is 0.850. The van der Waals surface area contributed by atoms with Crippen molar-refractivity contribution in [2.75, 3.05) is 13.7 Å². The number of nitrogens with zero attached hydrogens (tertiary/aromatic N) is 2. The van der Waals surface area contributed by atoms with Gasteiger partial charge in [0.1, 0.15) is 0 Å². The van der Waals surface area contributed by atoms with Crippen molar-refractivity contribution < 1.29 is 9.26 Å². The number of ether oxygens (including phenoxy) is 1. The first-order valence-electron chi connectivity index (χ1n) is 6.15. The minimum atomic E-state index is -0.297. The van der Waals surface area contributed by atoms with Gasteiger partial charge in [-0.15, -0.1) is 0 Å². The third-order valence-corrected chi connectivity index (χ3v) is 3.54. The summed E-state index contributed by atoms with van der Waals surface area (Å²) in [5.41, 5.74) is 6.72. The van der Waals surface area contributed by atoms with Crippen molar-refractivity contribution in [1.82, 2.24) is 10.1 Å². The molecule has 0 amide bonds. The van der Waals surface area contributed by atoms with E-state index in [9.17, 15) is 0 Å². The molecule has 108 valence electrons. The summed E-state index contributed by atoms with van der Waals surface area (Å²) in [6.45, 7) is 0.654. The van der Waals surface area contributed by atoms with E-state index in [0.29, 0.717) is 28.4 Å². The molecule has 7 heteroatoms. The van der Waals surface area contributed by atoms with Crippen molar-refractivity contribution in [1.29, 1.82) is 0 Å². The zero-order valence-corrected chi connectivity index (χ0v) is 12.5. The van der Waals surface area contributed by atoms with Gasteiger partial charge in [-0.05, 0) is 31.0 Å². The smallest absolute Gasteiger partial charge is 0.243 e. The maximum absolute atomic E-state index is 5.98. The number of aromatic nitrogens is 2. The maximum Gasteiger partial charge on any atom is 0.243 e. The number of nitrogens with two attached hydrogens (primary N) is 1. The number of benzene rings is 1. The topological polar surface area (TPSA) is 74.2 Å². The van der Waals surface area contributed by atoms with Crippen LogP contribution in [0.3, 0.4) is 0 Å². The van der Waals surface area contributed by atoms with Crippen LogP contribution in [0.4, 0.5) is 0 Å². The Bertz CT molecular complexity index is 574. The van der Waals surface area contributed by atoms with E-state index in [-0.39, 0.29) is 6.04 Å². The van der Waals surface area contributed by atoms with Gasteiger partial charge in [0.2, 0.25) is 11.7 Å². The number of methoxy groups -OCH3 is 1. The van der Waals surface area contributed by atoms with Gasteiger partial charge in [-0.25, -0.2) is 0 Å². The summed E-state index contributed by atoms with van der Waals surface area (Å²) < 4.78 is 10.2. The highest BCUT2D eigenvalue weighted by Crippen LogP contribution is 2.27. The van der Waals surface area contributed by atoms with Gasteiger partial charge >= 0.3 is 0 Å². The number of hydrogen-bond acceptors (Lipinski definition) is 5. The molecule has 0 spiro atoms. The molecule has 0 bridgehead atoms. The fraction of sp³-hybridized carbons (Fsp3) is 0.385. The van der Waals surface area contributed by atoms with E-state index in [0.717, 1.165) is 18.4 Å². The standard InChI is InChI=1S/C13H15Cl2N3O2/c1-19-6-2-3-11(16)13-17-12(18-20-13)8-4-5-9(14)10(15)7-8/h4-5,7,11H,2-3,6,16H2,1H3. The van der Waals surface area contributed by atoms with Crippen LogP contribution in [0.25, 0.3) is 11.4 Å². The van der Waals surface area contributed by atoms with Crippen molar-refractivity contribution in [3.05, 3.63) is 34.1 Å². The van der Waals surface area contributed by atoms with Crippen LogP contribution in [0.15, 0.2) is 22.7 Å². The summed E-state index contributed by atoms with van der Waals surface area (Å²) >= 11 is 11.8. The summed E-state index contributed by atoms with van der Waals surface area (Å²) in [6, 6.07) is 4.86. The van der Waals surface area contributed by atoms with Crippen LogP contribution in [-0.4, -0.2) is 23.9 Å². The van der Waals surface area contributed by atoms with Gasteiger partial charge in [0.05, 0.1) is 16.1 Å². The lowest BCUT2D eigenvalue weighted by atomic mass is 10.1. The van der Waals surface area contributed by atoms with E-state index in [1.807, 2.05) is 0 Å². The Morgan fingerprint density at radius 3 is 2.85 bits per heavy atom. The van der Waals surface area contributed by atoms with E-state index in [4.69, 9.17) is 38.2 Å².